The van der Waals surface area contributed by atoms with Gasteiger partial charge in [0, 0.05) is 6.54 Å². The molecule has 1 aliphatic heterocycles. The Bertz CT molecular complexity index is 469. The van der Waals surface area contributed by atoms with E-state index in [0.717, 1.165) is 5.56 Å². The van der Waals surface area contributed by atoms with E-state index in [2.05, 4.69) is 6.07 Å². The lowest BCUT2D eigenvalue weighted by molar-refractivity contribution is 0.0793. The van der Waals surface area contributed by atoms with E-state index in [1.54, 1.807) is 0 Å². The number of likely N-dealkylation sites (tertiary alicyclic amines) is 1. The molecule has 0 spiro atoms. The zero-order valence-electron chi connectivity index (χ0n) is 10.5. The lowest BCUT2D eigenvalue weighted by Crippen LogP contribution is -2.38. The van der Waals surface area contributed by atoms with Crippen molar-refractivity contribution in [1.82, 2.24) is 4.90 Å². The van der Waals surface area contributed by atoms with Crippen molar-refractivity contribution in [2.45, 2.75) is 19.1 Å². The van der Waals surface area contributed by atoms with Crippen LogP contribution in [0.25, 0.3) is 0 Å². The maximum absolute atomic E-state index is 11.9. The molecule has 1 fully saturated rings. The Hall–Kier alpha value is -2.06. The maximum Gasteiger partial charge on any atom is 0.410 e. The minimum atomic E-state index is -0.472. The van der Waals surface area contributed by atoms with Crippen LogP contribution in [0.1, 0.15) is 12.0 Å². The molecule has 2 rings (SSSR count). The van der Waals surface area contributed by atoms with Crippen LogP contribution in [0.15, 0.2) is 30.3 Å². The van der Waals surface area contributed by atoms with Crippen LogP contribution in [0.2, 0.25) is 0 Å². The number of nitrogens with zero attached hydrogens (tertiary/aromatic N) is 2. The fourth-order valence-corrected chi connectivity index (χ4v) is 2.21. The molecule has 1 heterocycles. The zero-order chi connectivity index (χ0) is 13.7. The van der Waals surface area contributed by atoms with Gasteiger partial charge in [0.15, 0.2) is 0 Å². The first kappa shape index (κ1) is 13.4. The van der Waals surface area contributed by atoms with Crippen molar-refractivity contribution in [2.24, 2.45) is 5.92 Å². The molecule has 5 heteroatoms. The molecule has 1 amide bonds. The lowest BCUT2D eigenvalue weighted by atomic mass is 10.1. The minimum absolute atomic E-state index is 0.140. The smallest absolute Gasteiger partial charge is 0.410 e. The molecule has 0 aromatic heterocycles. The molecule has 19 heavy (non-hydrogen) atoms. The van der Waals surface area contributed by atoms with E-state index < -0.39 is 6.09 Å². The molecular formula is C14H16N2O3. The summed E-state index contributed by atoms with van der Waals surface area (Å²) in [6.07, 6.45) is 0.0358. The summed E-state index contributed by atoms with van der Waals surface area (Å²) in [6, 6.07) is 11.2. The van der Waals surface area contributed by atoms with Crippen molar-refractivity contribution in [3.8, 4) is 6.07 Å². The summed E-state index contributed by atoms with van der Waals surface area (Å²) < 4.78 is 5.20. The van der Waals surface area contributed by atoms with Crippen molar-refractivity contribution >= 4 is 6.09 Å². The van der Waals surface area contributed by atoms with Crippen LogP contribution >= 0.6 is 0 Å². The molecule has 0 aliphatic carbocycles. The number of nitriles is 1. The first-order valence-corrected chi connectivity index (χ1v) is 6.22. The number of aliphatic hydroxyl groups excluding tert-OH is 1. The summed E-state index contributed by atoms with van der Waals surface area (Å²) in [4.78, 5) is 13.4. The maximum atomic E-state index is 11.9. The summed E-state index contributed by atoms with van der Waals surface area (Å²) in [6.45, 7) is 0.388. The van der Waals surface area contributed by atoms with Crippen LogP contribution < -0.4 is 0 Å². The van der Waals surface area contributed by atoms with E-state index >= 15 is 0 Å². The number of carbonyl (C=O) groups is 1. The Morgan fingerprint density at radius 3 is 2.84 bits per heavy atom. The van der Waals surface area contributed by atoms with Crippen molar-refractivity contribution in [3.05, 3.63) is 35.9 Å². The van der Waals surface area contributed by atoms with Gasteiger partial charge in [-0.05, 0) is 12.0 Å². The van der Waals surface area contributed by atoms with E-state index in [9.17, 15) is 9.90 Å². The van der Waals surface area contributed by atoms with E-state index in [1.807, 2.05) is 30.3 Å². The average molecular weight is 260 g/mol. The second-order valence-corrected chi connectivity index (χ2v) is 4.59. The SMILES string of the molecule is N#CC1CC(CO)N(C(=O)OCc2ccccc2)C1. The Balaban J connectivity index is 1.91. The minimum Gasteiger partial charge on any atom is -0.445 e. The van der Waals surface area contributed by atoms with E-state index in [4.69, 9.17) is 10.00 Å². The van der Waals surface area contributed by atoms with Crippen molar-refractivity contribution in [2.75, 3.05) is 13.2 Å². The molecule has 0 saturated carbocycles. The third-order valence-corrected chi connectivity index (χ3v) is 3.25. The Morgan fingerprint density at radius 1 is 1.47 bits per heavy atom. The Kier molecular flexibility index (Phi) is 4.37. The molecule has 5 nitrogen and oxygen atoms in total. The normalized spacial score (nSPS) is 22.0. The van der Waals surface area contributed by atoms with Gasteiger partial charge in [-0.15, -0.1) is 0 Å². The van der Waals surface area contributed by atoms with Gasteiger partial charge in [0.1, 0.15) is 6.61 Å². The summed E-state index contributed by atoms with van der Waals surface area (Å²) in [5.41, 5.74) is 0.910. The molecule has 100 valence electrons. The third-order valence-electron chi connectivity index (χ3n) is 3.25. The largest absolute Gasteiger partial charge is 0.445 e. The fourth-order valence-electron chi connectivity index (χ4n) is 2.21. The molecule has 1 aliphatic rings. The monoisotopic (exact) mass is 260 g/mol. The highest BCUT2D eigenvalue weighted by molar-refractivity contribution is 5.68. The summed E-state index contributed by atoms with van der Waals surface area (Å²) in [5, 5.41) is 18.1. The first-order valence-electron chi connectivity index (χ1n) is 6.22. The van der Waals surface area contributed by atoms with Gasteiger partial charge < -0.3 is 14.7 Å². The standard InChI is InChI=1S/C14H16N2O3/c15-7-12-6-13(9-17)16(8-12)14(18)19-10-11-4-2-1-3-5-11/h1-5,12-13,17H,6,8-10H2. The highest BCUT2D eigenvalue weighted by atomic mass is 16.6. The van der Waals surface area contributed by atoms with Gasteiger partial charge in [-0.1, -0.05) is 30.3 Å². The van der Waals surface area contributed by atoms with Crippen LogP contribution in [-0.2, 0) is 11.3 Å². The number of hydrogen-bond donors (Lipinski definition) is 1. The number of ether oxygens (including phenoxy) is 1. The van der Waals surface area contributed by atoms with Crippen LogP contribution in [0.4, 0.5) is 4.79 Å². The summed E-state index contributed by atoms with van der Waals surface area (Å²) in [5.74, 6) is -0.221. The Morgan fingerprint density at radius 2 is 2.21 bits per heavy atom. The molecule has 2 unspecified atom stereocenters. The average Bonchev–Trinajstić information content (AvgIpc) is 2.89. The van der Waals surface area contributed by atoms with E-state index in [0.29, 0.717) is 13.0 Å². The van der Waals surface area contributed by atoms with Gasteiger partial charge in [0.05, 0.1) is 24.6 Å². The number of amides is 1. The van der Waals surface area contributed by atoms with Crippen LogP contribution in [0.5, 0.6) is 0 Å². The first-order chi connectivity index (χ1) is 9.24. The number of carbonyl (C=O) groups excluding carboxylic acids is 1. The zero-order valence-corrected chi connectivity index (χ0v) is 10.5. The van der Waals surface area contributed by atoms with Crippen molar-refractivity contribution in [3.63, 3.8) is 0 Å². The van der Waals surface area contributed by atoms with Gasteiger partial charge >= 0.3 is 6.09 Å². The second kappa shape index (κ2) is 6.21. The van der Waals surface area contributed by atoms with Crippen LogP contribution in [0.3, 0.4) is 0 Å². The van der Waals surface area contributed by atoms with Crippen molar-refractivity contribution < 1.29 is 14.6 Å². The molecule has 0 bridgehead atoms. The van der Waals surface area contributed by atoms with Crippen LogP contribution in [0, 0.1) is 17.2 Å². The number of hydrogen-bond acceptors (Lipinski definition) is 4. The molecule has 2 atom stereocenters. The highest BCUT2D eigenvalue weighted by Crippen LogP contribution is 2.23. The van der Waals surface area contributed by atoms with E-state index in [-0.39, 0.29) is 25.2 Å². The quantitative estimate of drug-likeness (QED) is 0.894. The van der Waals surface area contributed by atoms with Gasteiger partial charge in [-0.3, -0.25) is 0 Å². The molecule has 1 aromatic carbocycles. The highest BCUT2D eigenvalue weighted by Gasteiger charge is 2.35. The Labute approximate surface area is 112 Å². The molecular weight excluding hydrogens is 244 g/mol. The van der Waals surface area contributed by atoms with E-state index in [1.165, 1.54) is 4.90 Å². The molecule has 0 radical (unpaired) electrons. The number of rotatable bonds is 3. The van der Waals surface area contributed by atoms with Gasteiger partial charge in [-0.2, -0.15) is 5.26 Å². The number of aliphatic hydroxyl groups is 1. The second-order valence-electron chi connectivity index (χ2n) is 4.59. The van der Waals surface area contributed by atoms with Crippen LogP contribution in [-0.4, -0.2) is 35.3 Å². The molecule has 1 aromatic rings. The predicted octanol–water partition coefficient (Wildman–Crippen LogP) is 1.53. The van der Waals surface area contributed by atoms with Crippen molar-refractivity contribution in [1.29, 1.82) is 5.26 Å². The topological polar surface area (TPSA) is 73.6 Å². The summed E-state index contributed by atoms with van der Waals surface area (Å²) >= 11 is 0. The molecule has 1 saturated heterocycles. The fraction of sp³-hybridized carbons (Fsp3) is 0.429. The number of benzene rings is 1. The molecule has 1 N–H and O–H groups in total. The predicted molar refractivity (Wildman–Crippen MR) is 67.9 cm³/mol. The van der Waals surface area contributed by atoms with Gasteiger partial charge in [-0.25, -0.2) is 4.79 Å². The van der Waals surface area contributed by atoms with Gasteiger partial charge in [0.2, 0.25) is 0 Å². The summed E-state index contributed by atoms with van der Waals surface area (Å²) in [7, 11) is 0. The lowest BCUT2D eigenvalue weighted by Gasteiger charge is -2.22. The third kappa shape index (κ3) is 3.24. The van der Waals surface area contributed by atoms with Gasteiger partial charge in [0.25, 0.3) is 0 Å².